The summed E-state index contributed by atoms with van der Waals surface area (Å²) in [5.74, 6) is -0.130. The van der Waals surface area contributed by atoms with Crippen molar-refractivity contribution in [2.75, 3.05) is 5.32 Å². The quantitative estimate of drug-likeness (QED) is 0.352. The second-order valence-corrected chi connectivity index (χ2v) is 6.34. The van der Waals surface area contributed by atoms with Crippen molar-refractivity contribution in [1.82, 2.24) is 5.16 Å². The number of nitro benzene ring substituents is 1. The fourth-order valence-electron chi connectivity index (χ4n) is 2.50. The van der Waals surface area contributed by atoms with E-state index in [1.165, 1.54) is 18.2 Å². The highest BCUT2D eigenvalue weighted by molar-refractivity contribution is 6.31. The normalized spacial score (nSPS) is 10.5. The number of ether oxygens (including phenoxy) is 1. The molecule has 0 fully saturated rings. The lowest BCUT2D eigenvalue weighted by Crippen LogP contribution is -2.11. The van der Waals surface area contributed by atoms with E-state index in [1.54, 1.807) is 19.1 Å². The molecule has 0 aliphatic carbocycles. The van der Waals surface area contributed by atoms with Gasteiger partial charge in [0, 0.05) is 35.5 Å². The number of esters is 1. The average molecular weight is 402 g/mol. The van der Waals surface area contributed by atoms with Crippen LogP contribution in [-0.4, -0.2) is 16.0 Å². The molecule has 28 heavy (non-hydrogen) atoms. The van der Waals surface area contributed by atoms with Gasteiger partial charge in [0.05, 0.1) is 10.5 Å². The number of rotatable bonds is 7. The van der Waals surface area contributed by atoms with Crippen molar-refractivity contribution in [2.45, 2.75) is 20.1 Å². The predicted molar refractivity (Wildman–Crippen MR) is 102 cm³/mol. The topological polar surface area (TPSA) is 108 Å². The molecule has 1 heterocycles. The second kappa shape index (κ2) is 8.53. The Balaban J connectivity index is 1.80. The average Bonchev–Trinajstić information content (AvgIpc) is 3.10. The fraction of sp³-hybridized carbons (Fsp3) is 0.158. The summed E-state index contributed by atoms with van der Waals surface area (Å²) in [5, 5.41) is 18.5. The number of nitro groups is 1. The summed E-state index contributed by atoms with van der Waals surface area (Å²) in [6, 6.07) is 12.8. The first-order chi connectivity index (χ1) is 13.4. The zero-order valence-electron chi connectivity index (χ0n) is 14.8. The number of aromatic nitrogens is 1. The molecular weight excluding hydrogens is 386 g/mol. The molecule has 8 nitrogen and oxygen atoms in total. The van der Waals surface area contributed by atoms with Gasteiger partial charge in [-0.25, -0.2) is 4.79 Å². The van der Waals surface area contributed by atoms with Gasteiger partial charge in [-0.2, -0.15) is 0 Å². The molecule has 2 aromatic carbocycles. The van der Waals surface area contributed by atoms with Gasteiger partial charge in [0.25, 0.3) is 5.69 Å². The molecule has 0 radical (unpaired) electrons. The molecule has 0 amide bonds. The Morgan fingerprint density at radius 3 is 2.75 bits per heavy atom. The lowest BCUT2D eigenvalue weighted by atomic mass is 10.1. The molecule has 1 aromatic heterocycles. The first-order valence-electron chi connectivity index (χ1n) is 8.29. The summed E-state index contributed by atoms with van der Waals surface area (Å²) in [6.07, 6.45) is 0. The molecule has 0 atom stereocenters. The van der Waals surface area contributed by atoms with Gasteiger partial charge in [0.15, 0.2) is 0 Å². The third kappa shape index (κ3) is 4.66. The Bertz CT molecular complexity index is 1020. The molecule has 0 unspecified atom stereocenters. The molecule has 0 saturated heterocycles. The van der Waals surface area contributed by atoms with Crippen molar-refractivity contribution in [3.05, 3.63) is 86.2 Å². The number of carbonyl (C=O) groups excluding carboxylic acids is 1. The molecule has 9 heteroatoms. The van der Waals surface area contributed by atoms with E-state index in [2.05, 4.69) is 10.5 Å². The number of carbonyl (C=O) groups is 1. The minimum Gasteiger partial charge on any atom is -0.455 e. The zero-order chi connectivity index (χ0) is 20.1. The summed E-state index contributed by atoms with van der Waals surface area (Å²) in [6.45, 7) is 1.94. The highest BCUT2D eigenvalue weighted by atomic mass is 35.5. The van der Waals surface area contributed by atoms with Crippen LogP contribution in [0.2, 0.25) is 5.02 Å². The van der Waals surface area contributed by atoms with Crippen LogP contribution in [0, 0.1) is 17.0 Å². The van der Waals surface area contributed by atoms with Crippen LogP contribution in [0.3, 0.4) is 0 Å². The maximum Gasteiger partial charge on any atom is 0.340 e. The summed E-state index contributed by atoms with van der Waals surface area (Å²) >= 11 is 6.14. The third-order valence-corrected chi connectivity index (χ3v) is 4.26. The first kappa shape index (κ1) is 19.4. The number of hydrogen-bond donors (Lipinski definition) is 1. The predicted octanol–water partition coefficient (Wildman–Crippen LogP) is 4.51. The van der Waals surface area contributed by atoms with Crippen LogP contribution in [-0.2, 0) is 17.9 Å². The van der Waals surface area contributed by atoms with E-state index in [0.717, 1.165) is 5.56 Å². The van der Waals surface area contributed by atoms with Crippen molar-refractivity contribution in [1.29, 1.82) is 0 Å². The number of anilines is 1. The molecule has 3 aromatic rings. The molecule has 0 bridgehead atoms. The maximum atomic E-state index is 12.5. The van der Waals surface area contributed by atoms with Gasteiger partial charge in [0.1, 0.15) is 18.1 Å². The standard InChI is InChI=1S/C19H16ClN3O5/c1-12-8-14(22-28-12)11-27-19(24)16-9-15(23(25)26)6-7-18(16)21-10-13-4-2-3-5-17(13)20/h2-9,21H,10-11H2,1H3. The fourth-order valence-corrected chi connectivity index (χ4v) is 2.71. The highest BCUT2D eigenvalue weighted by Crippen LogP contribution is 2.25. The van der Waals surface area contributed by atoms with Crippen molar-refractivity contribution in [2.24, 2.45) is 0 Å². The summed E-state index contributed by atoms with van der Waals surface area (Å²) < 4.78 is 10.1. The molecule has 0 aliphatic rings. The van der Waals surface area contributed by atoms with E-state index in [0.29, 0.717) is 28.7 Å². The number of hydrogen-bond acceptors (Lipinski definition) is 7. The van der Waals surface area contributed by atoms with Gasteiger partial charge >= 0.3 is 5.97 Å². The van der Waals surface area contributed by atoms with E-state index in [4.69, 9.17) is 20.9 Å². The third-order valence-electron chi connectivity index (χ3n) is 3.89. The zero-order valence-corrected chi connectivity index (χ0v) is 15.6. The van der Waals surface area contributed by atoms with Gasteiger partial charge in [-0.1, -0.05) is 35.0 Å². The number of non-ortho nitro benzene ring substituents is 1. The van der Waals surface area contributed by atoms with E-state index in [-0.39, 0.29) is 17.9 Å². The summed E-state index contributed by atoms with van der Waals surface area (Å²) in [7, 11) is 0. The van der Waals surface area contributed by atoms with E-state index >= 15 is 0 Å². The van der Waals surface area contributed by atoms with Crippen LogP contribution in [0.15, 0.2) is 53.1 Å². The molecular formula is C19H16ClN3O5. The number of nitrogens with zero attached hydrogens (tertiary/aromatic N) is 2. The minimum atomic E-state index is -0.717. The number of halogens is 1. The first-order valence-corrected chi connectivity index (χ1v) is 8.67. The van der Waals surface area contributed by atoms with Gasteiger partial charge < -0.3 is 14.6 Å². The molecule has 3 rings (SSSR count). The number of nitrogens with one attached hydrogen (secondary N) is 1. The molecule has 1 N–H and O–H groups in total. The van der Waals surface area contributed by atoms with Crippen LogP contribution in [0.1, 0.15) is 27.4 Å². The van der Waals surface area contributed by atoms with Crippen molar-refractivity contribution < 1.29 is 19.0 Å². The molecule has 144 valence electrons. The van der Waals surface area contributed by atoms with Crippen LogP contribution >= 0.6 is 11.6 Å². The van der Waals surface area contributed by atoms with Crippen molar-refractivity contribution in [3.8, 4) is 0 Å². The van der Waals surface area contributed by atoms with Crippen LogP contribution in [0.4, 0.5) is 11.4 Å². The van der Waals surface area contributed by atoms with E-state index in [9.17, 15) is 14.9 Å². The summed E-state index contributed by atoms with van der Waals surface area (Å²) in [5.41, 5.74) is 1.49. The Morgan fingerprint density at radius 1 is 1.29 bits per heavy atom. The van der Waals surface area contributed by atoms with Crippen molar-refractivity contribution in [3.63, 3.8) is 0 Å². The van der Waals surface area contributed by atoms with E-state index in [1.807, 2.05) is 18.2 Å². The largest absolute Gasteiger partial charge is 0.455 e. The second-order valence-electron chi connectivity index (χ2n) is 5.94. The maximum absolute atomic E-state index is 12.5. The molecule has 0 saturated carbocycles. The van der Waals surface area contributed by atoms with Gasteiger partial charge in [-0.15, -0.1) is 0 Å². The van der Waals surface area contributed by atoms with Gasteiger partial charge in [-0.05, 0) is 24.6 Å². The van der Waals surface area contributed by atoms with Crippen molar-refractivity contribution >= 4 is 28.9 Å². The number of aryl methyl sites for hydroxylation is 1. The molecule has 0 aliphatic heterocycles. The Kier molecular flexibility index (Phi) is 5.90. The Hall–Kier alpha value is -3.39. The lowest BCUT2D eigenvalue weighted by molar-refractivity contribution is -0.384. The number of benzene rings is 2. The van der Waals surface area contributed by atoms with Crippen LogP contribution < -0.4 is 5.32 Å². The van der Waals surface area contributed by atoms with Gasteiger partial charge in [-0.3, -0.25) is 10.1 Å². The van der Waals surface area contributed by atoms with E-state index < -0.39 is 10.9 Å². The highest BCUT2D eigenvalue weighted by Gasteiger charge is 2.19. The minimum absolute atomic E-state index is 0.0430. The lowest BCUT2D eigenvalue weighted by Gasteiger charge is -2.12. The Morgan fingerprint density at radius 2 is 2.07 bits per heavy atom. The molecule has 0 spiro atoms. The Labute approximate surface area is 165 Å². The van der Waals surface area contributed by atoms with Crippen LogP contribution in [0.25, 0.3) is 0 Å². The SMILES string of the molecule is Cc1cc(COC(=O)c2cc([N+](=O)[O-])ccc2NCc2ccccc2Cl)no1. The monoisotopic (exact) mass is 401 g/mol. The summed E-state index contributed by atoms with van der Waals surface area (Å²) in [4.78, 5) is 23.0. The van der Waals surface area contributed by atoms with Gasteiger partial charge in [0.2, 0.25) is 0 Å². The smallest absolute Gasteiger partial charge is 0.340 e. The van der Waals surface area contributed by atoms with Crippen LogP contribution in [0.5, 0.6) is 0 Å².